The van der Waals surface area contributed by atoms with Crippen LogP contribution in [0.5, 0.6) is 17.2 Å². The van der Waals surface area contributed by atoms with Gasteiger partial charge in [-0.1, -0.05) is 13.3 Å². The third-order valence-corrected chi connectivity index (χ3v) is 6.28. The molecule has 2 heterocycles. The second-order valence-corrected chi connectivity index (χ2v) is 9.00. The van der Waals surface area contributed by atoms with E-state index in [9.17, 15) is 18.0 Å². The van der Waals surface area contributed by atoms with E-state index in [1.54, 1.807) is 0 Å². The Balaban J connectivity index is 1.54. The van der Waals surface area contributed by atoms with Gasteiger partial charge in [0.1, 0.15) is 5.75 Å². The molecule has 2 aromatic carbocycles. The Hall–Kier alpha value is -3.67. The molecular weight excluding hydrogens is 509 g/mol. The molecule has 0 spiro atoms. The highest BCUT2D eigenvalue weighted by molar-refractivity contribution is 7.07. The number of alkyl halides is 3. The van der Waals surface area contributed by atoms with Crippen LogP contribution in [0.3, 0.4) is 0 Å². The summed E-state index contributed by atoms with van der Waals surface area (Å²) in [5.41, 5.74) is 2.28. The fraction of sp³-hybridized carbons (Fsp3) is 0.360. The quantitative estimate of drug-likeness (QED) is 0.332. The number of halogens is 3. The highest BCUT2D eigenvalue weighted by Crippen LogP contribution is 2.36. The molecule has 12 heteroatoms. The number of nitrogens with one attached hydrogen (secondary N) is 2. The van der Waals surface area contributed by atoms with Gasteiger partial charge in [0.2, 0.25) is 6.79 Å². The molecule has 0 fully saturated rings. The lowest BCUT2D eigenvalue weighted by molar-refractivity contribution is -0.274. The van der Waals surface area contributed by atoms with Crippen molar-refractivity contribution in [3.63, 3.8) is 0 Å². The predicted molar refractivity (Wildman–Crippen MR) is 133 cm³/mol. The third-order valence-electron chi connectivity index (χ3n) is 5.42. The third kappa shape index (κ3) is 7.42. The van der Waals surface area contributed by atoms with Crippen LogP contribution in [0.15, 0.2) is 52.8 Å². The van der Waals surface area contributed by atoms with Crippen LogP contribution in [0.1, 0.15) is 26.2 Å². The minimum Gasteiger partial charge on any atom is -0.454 e. The van der Waals surface area contributed by atoms with Crippen molar-refractivity contribution in [2.24, 2.45) is 4.99 Å². The van der Waals surface area contributed by atoms with Crippen molar-refractivity contribution in [3.8, 4) is 28.5 Å². The average Bonchev–Trinajstić information content (AvgIpc) is 3.49. The zero-order valence-electron chi connectivity index (χ0n) is 20.1. The SMILES string of the molecule is CCCCNC(=O)NCCCn1c(-c2ccc3c(c2)OCO3)cs/c1=N\c1ccc(OC(F)(F)F)cc1. The number of ether oxygens (including phenoxy) is 3. The number of hydrogen-bond acceptors (Lipinski definition) is 6. The second-order valence-electron chi connectivity index (χ2n) is 8.17. The molecule has 1 aliphatic heterocycles. The molecule has 0 atom stereocenters. The summed E-state index contributed by atoms with van der Waals surface area (Å²) >= 11 is 1.40. The summed E-state index contributed by atoms with van der Waals surface area (Å²) in [6, 6.07) is 10.9. The Morgan fingerprint density at radius 1 is 1.08 bits per heavy atom. The number of aromatic nitrogens is 1. The van der Waals surface area contributed by atoms with Crippen LogP contribution in [-0.4, -0.2) is 36.8 Å². The van der Waals surface area contributed by atoms with E-state index < -0.39 is 6.36 Å². The topological polar surface area (TPSA) is 86.1 Å². The summed E-state index contributed by atoms with van der Waals surface area (Å²) in [6.45, 7) is 3.87. The molecule has 8 nitrogen and oxygen atoms in total. The van der Waals surface area contributed by atoms with E-state index in [2.05, 4.69) is 27.3 Å². The summed E-state index contributed by atoms with van der Waals surface area (Å²) in [6.07, 6.45) is -2.19. The average molecular weight is 537 g/mol. The molecule has 4 rings (SSSR count). The van der Waals surface area contributed by atoms with Crippen LogP contribution < -0.4 is 29.6 Å². The van der Waals surface area contributed by atoms with Gasteiger partial charge in [-0.15, -0.1) is 24.5 Å². The number of carbonyl (C=O) groups is 1. The van der Waals surface area contributed by atoms with Crippen molar-refractivity contribution in [2.45, 2.75) is 39.1 Å². The first kappa shape index (κ1) is 26.4. The lowest BCUT2D eigenvalue weighted by Crippen LogP contribution is -2.36. The number of unbranched alkanes of at least 4 members (excludes halogenated alkanes) is 1. The number of thiazole rings is 1. The zero-order valence-corrected chi connectivity index (χ0v) is 21.0. The van der Waals surface area contributed by atoms with E-state index >= 15 is 0 Å². The van der Waals surface area contributed by atoms with Gasteiger partial charge in [0, 0.05) is 30.6 Å². The normalized spacial score (nSPS) is 13.0. The summed E-state index contributed by atoms with van der Waals surface area (Å²) in [7, 11) is 0. The van der Waals surface area contributed by atoms with Gasteiger partial charge in [0.15, 0.2) is 16.3 Å². The summed E-state index contributed by atoms with van der Waals surface area (Å²) in [4.78, 5) is 17.3. The van der Waals surface area contributed by atoms with Crippen LogP contribution in [0.25, 0.3) is 11.3 Å². The molecule has 0 aliphatic carbocycles. The van der Waals surface area contributed by atoms with Gasteiger partial charge >= 0.3 is 12.4 Å². The Morgan fingerprint density at radius 2 is 1.81 bits per heavy atom. The van der Waals surface area contributed by atoms with Gasteiger partial charge in [-0.05, 0) is 55.3 Å². The molecule has 37 heavy (non-hydrogen) atoms. The lowest BCUT2D eigenvalue weighted by Gasteiger charge is -2.11. The first-order valence-corrected chi connectivity index (χ1v) is 12.7. The molecular formula is C25H27F3N4O4S. The molecule has 0 bridgehead atoms. The molecule has 2 N–H and O–H groups in total. The number of fused-ring (bicyclic) bond motifs is 1. The van der Waals surface area contributed by atoms with Crippen molar-refractivity contribution in [1.29, 1.82) is 0 Å². The van der Waals surface area contributed by atoms with Gasteiger partial charge in [-0.3, -0.25) is 0 Å². The highest BCUT2D eigenvalue weighted by Gasteiger charge is 2.31. The molecule has 1 aliphatic rings. The van der Waals surface area contributed by atoms with Crippen LogP contribution in [0.2, 0.25) is 0 Å². The fourth-order valence-corrected chi connectivity index (χ4v) is 4.59. The number of amides is 2. The van der Waals surface area contributed by atoms with E-state index in [-0.39, 0.29) is 18.6 Å². The van der Waals surface area contributed by atoms with Crippen molar-refractivity contribution >= 4 is 23.1 Å². The predicted octanol–water partition coefficient (Wildman–Crippen LogP) is 5.57. The largest absolute Gasteiger partial charge is 0.573 e. The van der Waals surface area contributed by atoms with Crippen molar-refractivity contribution < 1.29 is 32.2 Å². The molecule has 0 unspecified atom stereocenters. The van der Waals surface area contributed by atoms with Crippen molar-refractivity contribution in [1.82, 2.24) is 15.2 Å². The summed E-state index contributed by atoms with van der Waals surface area (Å²) < 4.78 is 54.3. The maximum Gasteiger partial charge on any atom is 0.573 e. The molecule has 3 aromatic rings. The van der Waals surface area contributed by atoms with Gasteiger partial charge in [0.25, 0.3) is 0 Å². The van der Waals surface area contributed by atoms with Crippen LogP contribution in [-0.2, 0) is 6.54 Å². The molecule has 198 valence electrons. The summed E-state index contributed by atoms with van der Waals surface area (Å²) in [5.74, 6) is 1.02. The monoisotopic (exact) mass is 536 g/mol. The molecule has 0 radical (unpaired) electrons. The van der Waals surface area contributed by atoms with Crippen LogP contribution >= 0.6 is 11.3 Å². The Kier molecular flexibility index (Phi) is 8.59. The number of benzene rings is 2. The molecule has 0 saturated heterocycles. The maximum atomic E-state index is 12.5. The van der Waals surface area contributed by atoms with E-state index in [0.29, 0.717) is 48.0 Å². The van der Waals surface area contributed by atoms with Gasteiger partial charge < -0.3 is 29.4 Å². The fourth-order valence-electron chi connectivity index (χ4n) is 3.63. The Morgan fingerprint density at radius 3 is 2.54 bits per heavy atom. The number of rotatable bonds is 10. The smallest absolute Gasteiger partial charge is 0.454 e. The van der Waals surface area contributed by atoms with Crippen LogP contribution in [0.4, 0.5) is 23.7 Å². The molecule has 2 amide bonds. The number of nitrogens with zero attached hydrogens (tertiary/aromatic N) is 2. The zero-order chi connectivity index (χ0) is 26.3. The van der Waals surface area contributed by atoms with Crippen LogP contribution in [0, 0.1) is 0 Å². The Bertz CT molecular complexity index is 1270. The number of hydrogen-bond donors (Lipinski definition) is 2. The maximum absolute atomic E-state index is 12.5. The number of urea groups is 1. The Labute approximate surface area is 215 Å². The van der Waals surface area contributed by atoms with E-state index in [4.69, 9.17) is 9.47 Å². The minimum atomic E-state index is -4.75. The highest BCUT2D eigenvalue weighted by atomic mass is 32.1. The number of carbonyl (C=O) groups excluding carboxylic acids is 1. The first-order chi connectivity index (χ1) is 17.8. The van der Waals surface area contributed by atoms with Gasteiger partial charge in [-0.2, -0.15) is 0 Å². The van der Waals surface area contributed by atoms with E-state index in [1.807, 2.05) is 28.1 Å². The molecule has 0 saturated carbocycles. The second kappa shape index (κ2) is 12.0. The van der Waals surface area contributed by atoms with E-state index in [1.165, 1.54) is 35.6 Å². The summed E-state index contributed by atoms with van der Waals surface area (Å²) in [5, 5.41) is 7.64. The molecule has 1 aromatic heterocycles. The standard InChI is InChI=1S/C25H27F3N4O4S/c1-2-3-11-29-23(33)30-12-4-13-32-20(17-5-10-21-22(14-17)35-16-34-21)15-37-24(32)31-18-6-8-19(9-7-18)36-25(26,27)28/h5-10,14-15H,2-4,11-13,16H2,1H3,(H2,29,30,33)/b31-24-. The van der Waals surface area contributed by atoms with Crippen molar-refractivity contribution in [2.75, 3.05) is 19.9 Å². The first-order valence-electron chi connectivity index (χ1n) is 11.8. The van der Waals surface area contributed by atoms with Gasteiger partial charge in [0.05, 0.1) is 11.4 Å². The van der Waals surface area contributed by atoms with Gasteiger partial charge in [-0.25, -0.2) is 9.79 Å². The van der Waals surface area contributed by atoms with E-state index in [0.717, 1.165) is 24.1 Å². The minimum absolute atomic E-state index is 0.170. The lowest BCUT2D eigenvalue weighted by atomic mass is 10.1. The van der Waals surface area contributed by atoms with Crippen molar-refractivity contribution in [3.05, 3.63) is 52.6 Å².